The summed E-state index contributed by atoms with van der Waals surface area (Å²) < 4.78 is 1.18. The van der Waals surface area contributed by atoms with Crippen molar-refractivity contribution < 1.29 is 0 Å². The maximum absolute atomic E-state index is 6.11. The van der Waals surface area contributed by atoms with Crippen LogP contribution in [-0.4, -0.2) is 6.54 Å². The van der Waals surface area contributed by atoms with Crippen LogP contribution in [0.2, 0.25) is 5.02 Å². The first-order valence-corrected chi connectivity index (χ1v) is 6.64. The maximum Gasteiger partial charge on any atom is 0.0420 e. The van der Waals surface area contributed by atoms with E-state index in [-0.39, 0.29) is 0 Å². The number of halogens is 2. The average Bonchev–Trinajstić information content (AvgIpc) is 3.00. The molecule has 1 N–H and O–H groups in total. The first-order chi connectivity index (χ1) is 7.25. The van der Waals surface area contributed by atoms with E-state index in [0.29, 0.717) is 6.04 Å². The molecular weight excluding hydrogens is 273 g/mol. The minimum absolute atomic E-state index is 0.545. The highest BCUT2D eigenvalue weighted by molar-refractivity contribution is 9.10. The zero-order chi connectivity index (χ0) is 10.4. The van der Waals surface area contributed by atoms with Crippen molar-refractivity contribution in [1.29, 1.82) is 0 Å². The molecule has 0 saturated heterocycles. The highest BCUT2D eigenvalue weighted by Gasteiger charge is 2.35. The summed E-state index contributed by atoms with van der Waals surface area (Å²) in [6, 6.07) is 4.69. The van der Waals surface area contributed by atoms with E-state index >= 15 is 0 Å². The summed E-state index contributed by atoms with van der Waals surface area (Å²) in [5, 5.41) is 4.45. The van der Waals surface area contributed by atoms with Gasteiger partial charge in [-0.15, -0.1) is 0 Å². The second-order valence-electron chi connectivity index (χ2n) is 4.47. The lowest BCUT2D eigenvalue weighted by Crippen LogP contribution is -2.31. The van der Waals surface area contributed by atoms with Gasteiger partial charge in [0.05, 0.1) is 0 Å². The van der Waals surface area contributed by atoms with E-state index in [1.807, 2.05) is 6.07 Å². The minimum Gasteiger partial charge on any atom is -0.309 e. The van der Waals surface area contributed by atoms with Crippen molar-refractivity contribution in [2.75, 3.05) is 6.54 Å². The molecule has 80 valence electrons. The molecule has 1 aliphatic carbocycles. The summed E-state index contributed by atoms with van der Waals surface area (Å²) in [7, 11) is 0. The van der Waals surface area contributed by atoms with Crippen LogP contribution in [-0.2, 0) is 6.42 Å². The smallest absolute Gasteiger partial charge is 0.0420 e. The van der Waals surface area contributed by atoms with Gasteiger partial charge in [0.15, 0.2) is 0 Å². The van der Waals surface area contributed by atoms with Gasteiger partial charge in [-0.3, -0.25) is 0 Å². The molecule has 1 nitrogen and oxygen atoms in total. The van der Waals surface area contributed by atoms with Crippen molar-refractivity contribution in [1.82, 2.24) is 5.32 Å². The van der Waals surface area contributed by atoms with Crippen LogP contribution in [0.25, 0.3) is 0 Å². The van der Waals surface area contributed by atoms with Crippen LogP contribution in [0.15, 0.2) is 16.6 Å². The van der Waals surface area contributed by atoms with Crippen molar-refractivity contribution in [3.05, 3.63) is 32.8 Å². The fourth-order valence-electron chi connectivity index (χ4n) is 2.48. The quantitative estimate of drug-likeness (QED) is 0.830. The molecule has 0 spiro atoms. The maximum atomic E-state index is 6.11. The Balaban J connectivity index is 2.08. The number of benzene rings is 1. The van der Waals surface area contributed by atoms with Gasteiger partial charge in [-0.05, 0) is 55.0 Å². The second-order valence-corrected chi connectivity index (χ2v) is 5.77. The largest absolute Gasteiger partial charge is 0.309 e. The normalized spacial score (nSPS) is 25.1. The molecule has 1 aromatic carbocycles. The molecule has 2 aliphatic rings. The molecule has 1 heterocycles. The monoisotopic (exact) mass is 285 g/mol. The average molecular weight is 287 g/mol. The van der Waals surface area contributed by atoms with Gasteiger partial charge in [-0.25, -0.2) is 0 Å². The van der Waals surface area contributed by atoms with Crippen molar-refractivity contribution in [3.63, 3.8) is 0 Å². The lowest BCUT2D eigenvalue weighted by molar-refractivity contribution is 0.457. The SMILES string of the molecule is Clc1cc(Br)c2c(c1)C(C1CC1)NCC2. The first-order valence-electron chi connectivity index (χ1n) is 5.47. The zero-order valence-electron chi connectivity index (χ0n) is 8.39. The van der Waals surface area contributed by atoms with E-state index in [2.05, 4.69) is 27.3 Å². The van der Waals surface area contributed by atoms with E-state index < -0.39 is 0 Å². The fourth-order valence-corrected chi connectivity index (χ4v) is 3.51. The third kappa shape index (κ3) is 1.83. The summed E-state index contributed by atoms with van der Waals surface area (Å²) in [5.41, 5.74) is 2.87. The van der Waals surface area contributed by atoms with Crippen LogP contribution in [0, 0.1) is 5.92 Å². The van der Waals surface area contributed by atoms with Gasteiger partial charge in [-0.1, -0.05) is 27.5 Å². The van der Waals surface area contributed by atoms with Gasteiger partial charge in [0, 0.05) is 15.5 Å². The Labute approximate surface area is 103 Å². The van der Waals surface area contributed by atoms with Gasteiger partial charge in [0.1, 0.15) is 0 Å². The highest BCUT2D eigenvalue weighted by Crippen LogP contribution is 2.45. The molecular formula is C12H13BrClN. The zero-order valence-corrected chi connectivity index (χ0v) is 10.7. The van der Waals surface area contributed by atoms with Crippen LogP contribution in [0.4, 0.5) is 0 Å². The Morgan fingerprint density at radius 2 is 2.13 bits per heavy atom. The predicted octanol–water partition coefficient (Wildman–Crippen LogP) is 3.70. The molecule has 0 amide bonds. The lowest BCUT2D eigenvalue weighted by atomic mass is 9.92. The first kappa shape index (κ1) is 10.1. The summed E-state index contributed by atoms with van der Waals surface area (Å²) in [5.74, 6) is 0.842. The predicted molar refractivity (Wildman–Crippen MR) is 66.3 cm³/mol. The van der Waals surface area contributed by atoms with E-state index in [4.69, 9.17) is 11.6 Å². The van der Waals surface area contributed by atoms with Gasteiger partial charge in [0.2, 0.25) is 0 Å². The molecule has 0 bridgehead atoms. The van der Waals surface area contributed by atoms with E-state index in [1.54, 1.807) is 0 Å². The van der Waals surface area contributed by atoms with Crippen LogP contribution in [0.3, 0.4) is 0 Å². The topological polar surface area (TPSA) is 12.0 Å². The molecule has 1 atom stereocenters. The molecule has 1 aliphatic heterocycles. The lowest BCUT2D eigenvalue weighted by Gasteiger charge is -2.28. The fraction of sp³-hybridized carbons (Fsp3) is 0.500. The van der Waals surface area contributed by atoms with Crippen molar-refractivity contribution in [2.45, 2.75) is 25.3 Å². The van der Waals surface area contributed by atoms with Gasteiger partial charge in [-0.2, -0.15) is 0 Å². The Hall–Kier alpha value is -0.0500. The Morgan fingerprint density at radius 1 is 1.33 bits per heavy atom. The molecule has 1 unspecified atom stereocenters. The standard InChI is InChI=1S/C12H13BrClN/c13-11-6-8(14)5-10-9(11)3-4-15-12(10)7-1-2-7/h5-7,12,15H,1-4H2. The van der Waals surface area contributed by atoms with Crippen molar-refractivity contribution in [3.8, 4) is 0 Å². The van der Waals surface area contributed by atoms with Gasteiger partial charge in [0.25, 0.3) is 0 Å². The molecule has 1 aromatic rings. The van der Waals surface area contributed by atoms with Crippen molar-refractivity contribution in [2.24, 2.45) is 5.92 Å². The molecule has 1 fully saturated rings. The Morgan fingerprint density at radius 3 is 2.87 bits per heavy atom. The molecule has 0 aromatic heterocycles. The Kier molecular flexibility index (Phi) is 2.54. The highest BCUT2D eigenvalue weighted by atomic mass is 79.9. The Bertz CT molecular complexity index is 401. The summed E-state index contributed by atoms with van der Waals surface area (Å²) in [6.45, 7) is 1.09. The van der Waals surface area contributed by atoms with E-state index in [0.717, 1.165) is 23.9 Å². The molecule has 1 saturated carbocycles. The van der Waals surface area contributed by atoms with Crippen LogP contribution >= 0.6 is 27.5 Å². The molecule has 15 heavy (non-hydrogen) atoms. The van der Waals surface area contributed by atoms with Crippen LogP contribution < -0.4 is 5.32 Å². The third-order valence-electron chi connectivity index (χ3n) is 3.36. The second kappa shape index (κ2) is 3.76. The number of hydrogen-bond acceptors (Lipinski definition) is 1. The molecule has 3 rings (SSSR count). The van der Waals surface area contributed by atoms with E-state index in [1.165, 1.54) is 28.4 Å². The van der Waals surface area contributed by atoms with E-state index in [9.17, 15) is 0 Å². The molecule has 3 heteroatoms. The van der Waals surface area contributed by atoms with Gasteiger partial charge >= 0.3 is 0 Å². The minimum atomic E-state index is 0.545. The summed E-state index contributed by atoms with van der Waals surface area (Å²) in [6.07, 6.45) is 3.83. The number of fused-ring (bicyclic) bond motifs is 1. The number of hydrogen-bond donors (Lipinski definition) is 1. The number of nitrogens with one attached hydrogen (secondary N) is 1. The molecule has 0 radical (unpaired) electrons. The summed E-state index contributed by atoms with van der Waals surface area (Å²) >= 11 is 9.73. The van der Waals surface area contributed by atoms with Crippen LogP contribution in [0.1, 0.15) is 30.0 Å². The third-order valence-corrected chi connectivity index (χ3v) is 4.29. The number of rotatable bonds is 1. The summed E-state index contributed by atoms with van der Waals surface area (Å²) in [4.78, 5) is 0. The van der Waals surface area contributed by atoms with Crippen molar-refractivity contribution >= 4 is 27.5 Å². The van der Waals surface area contributed by atoms with Gasteiger partial charge < -0.3 is 5.32 Å². The van der Waals surface area contributed by atoms with Crippen LogP contribution in [0.5, 0.6) is 0 Å².